The van der Waals surface area contributed by atoms with Gasteiger partial charge < -0.3 is 4.74 Å². The summed E-state index contributed by atoms with van der Waals surface area (Å²) < 4.78 is 7.31. The molecule has 5 heteroatoms. The van der Waals surface area contributed by atoms with Gasteiger partial charge in [-0.15, -0.1) is 0 Å². The van der Waals surface area contributed by atoms with E-state index in [9.17, 15) is 0 Å². The van der Waals surface area contributed by atoms with Gasteiger partial charge in [0.05, 0.1) is 30.3 Å². The van der Waals surface area contributed by atoms with Gasteiger partial charge in [-0.25, -0.2) is 14.4 Å². The third-order valence-electron chi connectivity index (χ3n) is 2.52. The van der Waals surface area contributed by atoms with Crippen molar-refractivity contribution in [2.45, 2.75) is 6.10 Å². The summed E-state index contributed by atoms with van der Waals surface area (Å²) in [6.07, 6.45) is 1.78. The van der Waals surface area contributed by atoms with Gasteiger partial charge in [0.2, 0.25) is 5.88 Å². The van der Waals surface area contributed by atoms with Gasteiger partial charge in [0, 0.05) is 0 Å². The van der Waals surface area contributed by atoms with Crippen molar-refractivity contribution in [1.82, 2.24) is 14.4 Å². The van der Waals surface area contributed by atoms with Crippen molar-refractivity contribution in [3.8, 4) is 5.88 Å². The predicted molar refractivity (Wildman–Crippen MR) is 61.4 cm³/mol. The summed E-state index contributed by atoms with van der Waals surface area (Å²) in [5.41, 5.74) is 1.73. The number of benzene rings is 1. The first kappa shape index (κ1) is 9.81. The first-order valence-electron chi connectivity index (χ1n) is 5.10. The summed E-state index contributed by atoms with van der Waals surface area (Å²) in [5.74, 6) is 0.563. The van der Waals surface area contributed by atoms with Gasteiger partial charge in [0.25, 0.3) is 0 Å². The van der Waals surface area contributed by atoms with Crippen LogP contribution in [0.15, 0.2) is 30.5 Å². The molecule has 0 amide bonds. The Balaban J connectivity index is 1.82. The second kappa shape index (κ2) is 3.88. The van der Waals surface area contributed by atoms with Crippen LogP contribution >= 0.6 is 11.8 Å². The van der Waals surface area contributed by atoms with Gasteiger partial charge in [-0.2, -0.15) is 0 Å². The molecule has 1 aromatic carbocycles. The molecule has 0 radical (unpaired) electrons. The molecule has 16 heavy (non-hydrogen) atoms. The molecule has 0 bridgehead atoms. The van der Waals surface area contributed by atoms with Crippen LogP contribution in [0.2, 0.25) is 0 Å². The van der Waals surface area contributed by atoms with Gasteiger partial charge in [-0.1, -0.05) is 12.1 Å². The van der Waals surface area contributed by atoms with E-state index < -0.39 is 0 Å². The highest BCUT2D eigenvalue weighted by molar-refractivity contribution is 6.13. The number of halogens is 1. The van der Waals surface area contributed by atoms with Gasteiger partial charge in [0.15, 0.2) is 0 Å². The Bertz CT molecular complexity index is 513. The van der Waals surface area contributed by atoms with E-state index >= 15 is 0 Å². The Labute approximate surface area is 97.9 Å². The lowest BCUT2D eigenvalue weighted by atomic mass is 10.2. The zero-order valence-electron chi connectivity index (χ0n) is 8.51. The fourth-order valence-electron chi connectivity index (χ4n) is 1.63. The highest BCUT2D eigenvalue weighted by atomic mass is 35.5. The monoisotopic (exact) mass is 235 g/mol. The van der Waals surface area contributed by atoms with Gasteiger partial charge in [0.1, 0.15) is 6.10 Å². The van der Waals surface area contributed by atoms with Crippen LogP contribution in [-0.2, 0) is 0 Å². The van der Waals surface area contributed by atoms with Crippen molar-refractivity contribution in [3.05, 3.63) is 30.5 Å². The zero-order chi connectivity index (χ0) is 11.0. The van der Waals surface area contributed by atoms with E-state index in [-0.39, 0.29) is 6.10 Å². The van der Waals surface area contributed by atoms with Crippen LogP contribution in [0.25, 0.3) is 11.0 Å². The molecule has 0 atom stereocenters. The lowest BCUT2D eigenvalue weighted by Crippen LogP contribution is -2.48. The number of aromatic nitrogens is 2. The SMILES string of the molecule is ClN1CC(Oc2cnc3ccccc3n2)C1. The smallest absolute Gasteiger partial charge is 0.233 e. The molecule has 82 valence electrons. The molecule has 2 aromatic rings. The Kier molecular flexibility index (Phi) is 2.38. The topological polar surface area (TPSA) is 38.2 Å². The molecule has 1 aliphatic heterocycles. The Morgan fingerprint density at radius 2 is 2.00 bits per heavy atom. The maximum atomic E-state index is 5.72. The average Bonchev–Trinajstić information content (AvgIpc) is 2.27. The lowest BCUT2D eigenvalue weighted by Gasteiger charge is -2.32. The molecule has 1 aromatic heterocycles. The van der Waals surface area contributed by atoms with Crippen LogP contribution in [0.1, 0.15) is 0 Å². The molecule has 0 unspecified atom stereocenters. The minimum atomic E-state index is 0.132. The molecule has 1 saturated heterocycles. The quantitative estimate of drug-likeness (QED) is 0.745. The Morgan fingerprint density at radius 3 is 2.75 bits per heavy atom. The van der Waals surface area contributed by atoms with E-state index in [1.165, 1.54) is 0 Å². The molecule has 0 N–H and O–H groups in total. The number of rotatable bonds is 2. The summed E-state index contributed by atoms with van der Waals surface area (Å²) in [4.78, 5) is 8.65. The van der Waals surface area contributed by atoms with Crippen LogP contribution in [0.3, 0.4) is 0 Å². The third kappa shape index (κ3) is 1.81. The molecular weight excluding hydrogens is 226 g/mol. The van der Waals surface area contributed by atoms with Crippen molar-refractivity contribution < 1.29 is 4.74 Å². The maximum Gasteiger partial charge on any atom is 0.233 e. The molecule has 1 fully saturated rings. The lowest BCUT2D eigenvalue weighted by molar-refractivity contribution is 0.0741. The Hall–Kier alpha value is -1.39. The molecule has 0 spiro atoms. The van der Waals surface area contributed by atoms with Crippen molar-refractivity contribution >= 4 is 22.8 Å². The van der Waals surface area contributed by atoms with E-state index in [2.05, 4.69) is 9.97 Å². The van der Waals surface area contributed by atoms with Gasteiger partial charge >= 0.3 is 0 Å². The molecule has 2 heterocycles. The van der Waals surface area contributed by atoms with E-state index in [0.29, 0.717) is 5.88 Å². The number of nitrogens with zero attached hydrogens (tertiary/aromatic N) is 3. The van der Waals surface area contributed by atoms with E-state index in [1.807, 2.05) is 24.3 Å². The molecule has 1 aliphatic rings. The van der Waals surface area contributed by atoms with Crippen LogP contribution < -0.4 is 4.74 Å². The minimum Gasteiger partial charge on any atom is -0.470 e. The highest BCUT2D eigenvalue weighted by Crippen LogP contribution is 2.18. The molecule has 4 nitrogen and oxygen atoms in total. The highest BCUT2D eigenvalue weighted by Gasteiger charge is 2.27. The number of hydrogen-bond acceptors (Lipinski definition) is 4. The van der Waals surface area contributed by atoms with Crippen molar-refractivity contribution in [2.24, 2.45) is 0 Å². The van der Waals surface area contributed by atoms with Crippen LogP contribution in [0.4, 0.5) is 0 Å². The second-order valence-electron chi connectivity index (χ2n) is 3.76. The van der Waals surface area contributed by atoms with Gasteiger partial charge in [-0.3, -0.25) is 0 Å². The second-order valence-corrected chi connectivity index (χ2v) is 4.24. The Morgan fingerprint density at radius 1 is 1.25 bits per heavy atom. The van der Waals surface area contributed by atoms with Crippen molar-refractivity contribution in [2.75, 3.05) is 13.1 Å². The van der Waals surface area contributed by atoms with Crippen molar-refractivity contribution in [1.29, 1.82) is 0 Å². The fraction of sp³-hybridized carbons (Fsp3) is 0.273. The average molecular weight is 236 g/mol. The molecule has 0 aliphatic carbocycles. The van der Waals surface area contributed by atoms with E-state index in [0.717, 1.165) is 24.1 Å². The normalized spacial score (nSPS) is 17.3. The standard InChI is InChI=1S/C11H10ClN3O/c12-15-6-8(7-15)16-11-5-13-9-3-1-2-4-10(9)14-11/h1-5,8H,6-7H2. The predicted octanol–water partition coefficient (Wildman–Crippen LogP) is 1.85. The molecule has 0 saturated carbocycles. The van der Waals surface area contributed by atoms with Crippen LogP contribution in [0.5, 0.6) is 5.88 Å². The summed E-state index contributed by atoms with van der Waals surface area (Å²) in [6.45, 7) is 1.46. The first-order chi connectivity index (χ1) is 7.81. The number of fused-ring (bicyclic) bond motifs is 1. The van der Waals surface area contributed by atoms with Crippen LogP contribution in [0, 0.1) is 0 Å². The first-order valence-corrected chi connectivity index (χ1v) is 5.44. The fourth-order valence-corrected chi connectivity index (χ4v) is 1.94. The summed E-state index contributed by atoms with van der Waals surface area (Å²) in [6, 6.07) is 7.72. The summed E-state index contributed by atoms with van der Waals surface area (Å²) in [7, 11) is 0. The maximum absolute atomic E-state index is 5.72. The number of para-hydroxylation sites is 2. The molecular formula is C11H10ClN3O. The number of hydrogen-bond donors (Lipinski definition) is 0. The zero-order valence-corrected chi connectivity index (χ0v) is 9.26. The van der Waals surface area contributed by atoms with Gasteiger partial charge in [-0.05, 0) is 23.9 Å². The third-order valence-corrected chi connectivity index (χ3v) is 2.79. The largest absolute Gasteiger partial charge is 0.470 e. The summed E-state index contributed by atoms with van der Waals surface area (Å²) >= 11 is 5.72. The minimum absolute atomic E-state index is 0.132. The summed E-state index contributed by atoms with van der Waals surface area (Å²) in [5, 5.41) is 0. The van der Waals surface area contributed by atoms with E-state index in [4.69, 9.17) is 16.5 Å². The molecule has 3 rings (SSSR count). The van der Waals surface area contributed by atoms with Crippen LogP contribution in [-0.4, -0.2) is 33.6 Å². The van der Waals surface area contributed by atoms with Crippen molar-refractivity contribution in [3.63, 3.8) is 0 Å². The number of ether oxygens (including phenoxy) is 1. The van der Waals surface area contributed by atoms with E-state index in [1.54, 1.807) is 10.6 Å².